The average Bonchev–Trinajstić information content (AvgIpc) is 3.17. The van der Waals surface area contributed by atoms with Crippen LogP contribution in [0, 0.1) is 5.82 Å². The van der Waals surface area contributed by atoms with Crippen LogP contribution in [-0.4, -0.2) is 48.5 Å². The number of hydrogen-bond acceptors (Lipinski definition) is 4. The highest BCUT2D eigenvalue weighted by Crippen LogP contribution is 2.16. The van der Waals surface area contributed by atoms with Crippen LogP contribution in [0.3, 0.4) is 0 Å². The molecule has 0 spiro atoms. The van der Waals surface area contributed by atoms with Gasteiger partial charge in [-0.15, -0.1) is 0 Å². The summed E-state index contributed by atoms with van der Waals surface area (Å²) in [5, 5.41) is 10.4. The van der Waals surface area contributed by atoms with Gasteiger partial charge in [0.05, 0.1) is 25.4 Å². The number of ether oxygens (including phenoxy) is 2. The fourth-order valence-electron chi connectivity index (χ4n) is 3.37. The molecule has 3 rings (SSSR count). The highest BCUT2D eigenvalue weighted by atomic mass is 19.1. The van der Waals surface area contributed by atoms with Gasteiger partial charge in [0.15, 0.2) is 0 Å². The minimum absolute atomic E-state index is 0.197. The summed E-state index contributed by atoms with van der Waals surface area (Å²) in [7, 11) is 0. The Kier molecular flexibility index (Phi) is 7.78. The maximum absolute atomic E-state index is 13.2. The van der Waals surface area contributed by atoms with E-state index in [1.165, 1.54) is 12.1 Å². The van der Waals surface area contributed by atoms with E-state index in [2.05, 4.69) is 4.90 Å². The van der Waals surface area contributed by atoms with Crippen molar-refractivity contribution in [2.75, 3.05) is 26.3 Å². The zero-order valence-corrected chi connectivity index (χ0v) is 15.6. The molecule has 1 saturated heterocycles. The Morgan fingerprint density at radius 2 is 1.89 bits per heavy atom. The molecule has 5 heteroatoms. The number of aliphatic hydroxyl groups excluding tert-OH is 1. The van der Waals surface area contributed by atoms with Crippen molar-refractivity contribution in [3.8, 4) is 0 Å². The normalized spacial score (nSPS) is 18.1. The fourth-order valence-corrected chi connectivity index (χ4v) is 3.37. The fraction of sp³-hybridized carbons (Fsp3) is 0.455. The SMILES string of the molecule is O[C@@H](COCc1ccccc1)CN(Cc1ccc(F)cc1)C[C@@H]1CCCO1. The zero-order chi connectivity index (χ0) is 18.9. The molecule has 1 fully saturated rings. The third-order valence-corrected chi connectivity index (χ3v) is 4.70. The first kappa shape index (κ1) is 20.0. The molecule has 1 N–H and O–H groups in total. The molecule has 2 atom stereocenters. The third-order valence-electron chi connectivity index (χ3n) is 4.70. The van der Waals surface area contributed by atoms with E-state index < -0.39 is 6.10 Å². The molecule has 1 heterocycles. The summed E-state index contributed by atoms with van der Waals surface area (Å²) in [4.78, 5) is 2.17. The summed E-state index contributed by atoms with van der Waals surface area (Å²) in [6, 6.07) is 16.4. The summed E-state index contributed by atoms with van der Waals surface area (Å²) < 4.78 is 24.6. The molecule has 0 aliphatic carbocycles. The second kappa shape index (κ2) is 10.5. The van der Waals surface area contributed by atoms with Crippen molar-refractivity contribution in [3.63, 3.8) is 0 Å². The van der Waals surface area contributed by atoms with E-state index in [4.69, 9.17) is 9.47 Å². The molecule has 1 aliphatic rings. The van der Waals surface area contributed by atoms with Crippen LogP contribution in [0.15, 0.2) is 54.6 Å². The molecule has 0 aromatic heterocycles. The van der Waals surface area contributed by atoms with Gasteiger partial charge >= 0.3 is 0 Å². The number of halogens is 1. The largest absolute Gasteiger partial charge is 0.389 e. The zero-order valence-electron chi connectivity index (χ0n) is 15.6. The van der Waals surface area contributed by atoms with Gasteiger partial charge in [-0.05, 0) is 36.1 Å². The maximum Gasteiger partial charge on any atom is 0.123 e. The van der Waals surface area contributed by atoms with Crippen molar-refractivity contribution in [1.82, 2.24) is 4.90 Å². The van der Waals surface area contributed by atoms with Crippen molar-refractivity contribution < 1.29 is 19.0 Å². The van der Waals surface area contributed by atoms with E-state index in [9.17, 15) is 9.50 Å². The van der Waals surface area contributed by atoms with E-state index in [1.54, 1.807) is 12.1 Å². The van der Waals surface area contributed by atoms with Gasteiger partial charge < -0.3 is 14.6 Å². The van der Waals surface area contributed by atoms with E-state index >= 15 is 0 Å². The Balaban J connectivity index is 1.50. The molecule has 0 radical (unpaired) electrons. The first-order chi connectivity index (χ1) is 13.2. The molecular weight excluding hydrogens is 345 g/mol. The van der Waals surface area contributed by atoms with Crippen LogP contribution in [0.1, 0.15) is 24.0 Å². The summed E-state index contributed by atoms with van der Waals surface area (Å²) in [5.74, 6) is -0.237. The molecular formula is C22H28FNO3. The molecule has 0 amide bonds. The minimum atomic E-state index is -0.587. The predicted molar refractivity (Wildman–Crippen MR) is 103 cm³/mol. The molecule has 0 bridgehead atoms. The molecule has 1 aliphatic heterocycles. The van der Waals surface area contributed by atoms with Gasteiger partial charge in [-0.1, -0.05) is 42.5 Å². The van der Waals surface area contributed by atoms with Crippen LogP contribution < -0.4 is 0 Å². The van der Waals surface area contributed by atoms with Crippen molar-refractivity contribution >= 4 is 0 Å². The highest BCUT2D eigenvalue weighted by Gasteiger charge is 2.21. The highest BCUT2D eigenvalue weighted by molar-refractivity contribution is 5.16. The second-order valence-corrected chi connectivity index (χ2v) is 7.11. The van der Waals surface area contributed by atoms with Crippen LogP contribution in [0.2, 0.25) is 0 Å². The minimum Gasteiger partial charge on any atom is -0.389 e. The lowest BCUT2D eigenvalue weighted by molar-refractivity contribution is -0.00287. The van der Waals surface area contributed by atoms with Crippen LogP contribution in [0.25, 0.3) is 0 Å². The van der Waals surface area contributed by atoms with Crippen molar-refractivity contribution in [2.24, 2.45) is 0 Å². The first-order valence-electron chi connectivity index (χ1n) is 9.57. The second-order valence-electron chi connectivity index (χ2n) is 7.11. The predicted octanol–water partition coefficient (Wildman–Crippen LogP) is 3.38. The number of benzene rings is 2. The molecule has 2 aromatic rings. The summed E-state index contributed by atoms with van der Waals surface area (Å²) in [6.07, 6.45) is 1.73. The molecule has 0 unspecified atom stereocenters. The number of hydrogen-bond donors (Lipinski definition) is 1. The quantitative estimate of drug-likeness (QED) is 0.693. The van der Waals surface area contributed by atoms with Crippen LogP contribution in [0.5, 0.6) is 0 Å². The Bertz CT molecular complexity index is 659. The lowest BCUT2D eigenvalue weighted by Crippen LogP contribution is -2.39. The van der Waals surface area contributed by atoms with Crippen LogP contribution in [0.4, 0.5) is 4.39 Å². The van der Waals surface area contributed by atoms with E-state index in [1.807, 2.05) is 30.3 Å². The Morgan fingerprint density at radius 3 is 2.59 bits per heavy atom. The molecule has 146 valence electrons. The molecule has 0 saturated carbocycles. The van der Waals surface area contributed by atoms with Gasteiger partial charge in [0, 0.05) is 26.2 Å². The van der Waals surface area contributed by atoms with E-state index in [-0.39, 0.29) is 18.5 Å². The Labute approximate surface area is 160 Å². The van der Waals surface area contributed by atoms with Gasteiger partial charge in [0.2, 0.25) is 0 Å². The lowest BCUT2D eigenvalue weighted by Gasteiger charge is -2.27. The summed E-state index contributed by atoms with van der Waals surface area (Å²) in [5.41, 5.74) is 2.11. The molecule has 4 nitrogen and oxygen atoms in total. The monoisotopic (exact) mass is 373 g/mol. The van der Waals surface area contributed by atoms with Gasteiger partial charge in [-0.25, -0.2) is 4.39 Å². The van der Waals surface area contributed by atoms with Crippen molar-refractivity contribution in [3.05, 3.63) is 71.5 Å². The van der Waals surface area contributed by atoms with Gasteiger partial charge in [-0.2, -0.15) is 0 Å². The molecule has 2 aromatic carbocycles. The smallest absolute Gasteiger partial charge is 0.123 e. The maximum atomic E-state index is 13.2. The Hall–Kier alpha value is -1.79. The summed E-state index contributed by atoms with van der Waals surface area (Å²) in [6.45, 7) is 3.47. The molecule has 27 heavy (non-hydrogen) atoms. The first-order valence-corrected chi connectivity index (χ1v) is 9.57. The third kappa shape index (κ3) is 7.03. The lowest BCUT2D eigenvalue weighted by atomic mass is 10.1. The van der Waals surface area contributed by atoms with Crippen LogP contribution >= 0.6 is 0 Å². The van der Waals surface area contributed by atoms with Crippen molar-refractivity contribution in [2.45, 2.75) is 38.2 Å². The van der Waals surface area contributed by atoms with Gasteiger partial charge in [0.25, 0.3) is 0 Å². The van der Waals surface area contributed by atoms with Crippen LogP contribution in [-0.2, 0) is 22.6 Å². The number of rotatable bonds is 10. The average molecular weight is 373 g/mol. The van der Waals surface area contributed by atoms with Crippen molar-refractivity contribution in [1.29, 1.82) is 0 Å². The number of aliphatic hydroxyl groups is 1. The van der Waals surface area contributed by atoms with E-state index in [0.717, 1.165) is 37.1 Å². The standard InChI is InChI=1S/C22H28FNO3/c23-20-10-8-18(9-11-20)13-24(15-22-7-4-12-27-22)14-21(25)17-26-16-19-5-2-1-3-6-19/h1-3,5-6,8-11,21-22,25H,4,7,12-17H2/t21-,22+/m1/s1. The summed E-state index contributed by atoms with van der Waals surface area (Å²) >= 11 is 0. The van der Waals surface area contributed by atoms with Gasteiger partial charge in [0.1, 0.15) is 5.82 Å². The Morgan fingerprint density at radius 1 is 1.11 bits per heavy atom. The topological polar surface area (TPSA) is 41.9 Å². The van der Waals surface area contributed by atoms with E-state index in [0.29, 0.717) is 19.7 Å². The van der Waals surface area contributed by atoms with Gasteiger partial charge in [-0.3, -0.25) is 4.90 Å². The number of nitrogens with zero attached hydrogens (tertiary/aromatic N) is 1.